The summed E-state index contributed by atoms with van der Waals surface area (Å²) in [4.78, 5) is 0. The molecule has 1 fully saturated rings. The van der Waals surface area contributed by atoms with Crippen molar-refractivity contribution < 1.29 is 18.6 Å². The molecule has 24 heavy (non-hydrogen) atoms. The van der Waals surface area contributed by atoms with E-state index in [9.17, 15) is 4.39 Å². The van der Waals surface area contributed by atoms with Gasteiger partial charge in [-0.2, -0.15) is 0 Å². The van der Waals surface area contributed by atoms with Gasteiger partial charge in [-0.1, -0.05) is 18.2 Å². The van der Waals surface area contributed by atoms with Gasteiger partial charge in [0, 0.05) is 13.1 Å². The summed E-state index contributed by atoms with van der Waals surface area (Å²) >= 11 is 0. The van der Waals surface area contributed by atoms with E-state index < -0.39 is 6.10 Å². The lowest BCUT2D eigenvalue weighted by molar-refractivity contribution is -0.0439. The van der Waals surface area contributed by atoms with Gasteiger partial charge in [-0.25, -0.2) is 4.39 Å². The van der Waals surface area contributed by atoms with Crippen LogP contribution < -0.4 is 14.8 Å². The van der Waals surface area contributed by atoms with E-state index in [1.165, 1.54) is 12.1 Å². The molecule has 2 aromatic rings. The third kappa shape index (κ3) is 3.86. The smallest absolute Gasteiger partial charge is 0.162 e. The molecule has 0 saturated carbocycles. The van der Waals surface area contributed by atoms with E-state index in [4.69, 9.17) is 14.2 Å². The summed E-state index contributed by atoms with van der Waals surface area (Å²) in [6, 6.07) is 12.2. The summed E-state index contributed by atoms with van der Waals surface area (Å²) in [5.41, 5.74) is 1.80. The number of halogens is 1. The van der Waals surface area contributed by atoms with Gasteiger partial charge >= 0.3 is 0 Å². The van der Waals surface area contributed by atoms with Gasteiger partial charge in [0.1, 0.15) is 11.9 Å². The normalized spacial score (nSPS) is 18.9. The molecule has 2 aromatic carbocycles. The lowest BCUT2D eigenvalue weighted by Gasteiger charge is -2.32. The van der Waals surface area contributed by atoms with E-state index in [1.807, 2.05) is 31.2 Å². The Morgan fingerprint density at radius 2 is 2.08 bits per heavy atom. The first kappa shape index (κ1) is 16.7. The molecule has 0 spiro atoms. The summed E-state index contributed by atoms with van der Waals surface area (Å²) in [6.45, 7) is 4.04. The Morgan fingerprint density at radius 1 is 1.21 bits per heavy atom. The lowest BCUT2D eigenvalue weighted by atomic mass is 10.0. The molecular formula is C19H22FNO3. The first-order valence-electron chi connectivity index (χ1n) is 8.06. The topological polar surface area (TPSA) is 39.7 Å². The van der Waals surface area contributed by atoms with Gasteiger partial charge < -0.3 is 19.5 Å². The van der Waals surface area contributed by atoms with Crippen molar-refractivity contribution in [1.29, 1.82) is 0 Å². The van der Waals surface area contributed by atoms with Crippen LogP contribution in [0.2, 0.25) is 0 Å². The van der Waals surface area contributed by atoms with Crippen molar-refractivity contribution in [3.8, 4) is 11.5 Å². The van der Waals surface area contributed by atoms with Crippen LogP contribution in [0.15, 0.2) is 42.5 Å². The van der Waals surface area contributed by atoms with Gasteiger partial charge in [0.25, 0.3) is 0 Å². The molecule has 4 nitrogen and oxygen atoms in total. The lowest BCUT2D eigenvalue weighted by Crippen LogP contribution is -2.43. The number of hydrogen-bond acceptors (Lipinski definition) is 4. The molecule has 1 heterocycles. The third-order valence-corrected chi connectivity index (χ3v) is 4.04. The third-order valence-electron chi connectivity index (χ3n) is 4.04. The van der Waals surface area contributed by atoms with Crippen LogP contribution in [0.1, 0.15) is 17.2 Å². The zero-order valence-electron chi connectivity index (χ0n) is 13.9. The zero-order valence-corrected chi connectivity index (χ0v) is 13.9. The first-order chi connectivity index (χ1) is 11.7. The Morgan fingerprint density at radius 3 is 2.79 bits per heavy atom. The van der Waals surface area contributed by atoms with Crippen molar-refractivity contribution in [1.82, 2.24) is 5.32 Å². The number of nitrogens with one attached hydrogen (secondary N) is 1. The molecule has 5 heteroatoms. The second-order valence-electron chi connectivity index (χ2n) is 5.86. The van der Waals surface area contributed by atoms with Crippen molar-refractivity contribution in [2.45, 2.75) is 19.1 Å². The van der Waals surface area contributed by atoms with Crippen molar-refractivity contribution in [3.63, 3.8) is 0 Å². The zero-order chi connectivity index (χ0) is 16.9. The van der Waals surface area contributed by atoms with Crippen LogP contribution >= 0.6 is 0 Å². The van der Waals surface area contributed by atoms with Crippen LogP contribution in [0.25, 0.3) is 0 Å². The van der Waals surface area contributed by atoms with E-state index in [0.717, 1.165) is 17.7 Å². The fraction of sp³-hybridized carbons (Fsp3) is 0.368. The maximum absolute atomic E-state index is 13.7. The van der Waals surface area contributed by atoms with E-state index in [2.05, 4.69) is 5.32 Å². The highest BCUT2D eigenvalue weighted by atomic mass is 19.1. The van der Waals surface area contributed by atoms with Crippen molar-refractivity contribution >= 4 is 0 Å². The summed E-state index contributed by atoms with van der Waals surface area (Å²) in [6.07, 6.45) is -0.630. The van der Waals surface area contributed by atoms with E-state index in [1.54, 1.807) is 13.2 Å². The molecule has 0 amide bonds. The summed E-state index contributed by atoms with van der Waals surface area (Å²) in [7, 11) is 1.60. The fourth-order valence-corrected chi connectivity index (χ4v) is 2.84. The van der Waals surface area contributed by atoms with Crippen molar-refractivity contribution in [2.75, 3.05) is 26.8 Å². The largest absolute Gasteiger partial charge is 0.493 e. The molecule has 0 aliphatic carbocycles. The summed E-state index contributed by atoms with van der Waals surface area (Å²) < 4.78 is 31.2. The standard InChI is InChI=1S/C19H22FNO3/c1-13-6-7-16(22-2)17(10-13)24-19(18-12-21-8-9-23-18)14-4-3-5-15(20)11-14/h3-7,10-11,18-19,21H,8-9,12H2,1-2H3/t18-,19-/m0/s1. The Bertz CT molecular complexity index is 686. The predicted octanol–water partition coefficient (Wildman–Crippen LogP) is 3.25. The van der Waals surface area contributed by atoms with Gasteiger partial charge in [0.05, 0.1) is 13.7 Å². The number of aryl methyl sites for hydroxylation is 1. The molecule has 2 atom stereocenters. The van der Waals surface area contributed by atoms with Crippen LogP contribution in [-0.2, 0) is 4.74 Å². The molecule has 128 valence electrons. The van der Waals surface area contributed by atoms with Gasteiger partial charge in [-0.15, -0.1) is 0 Å². The Labute approximate surface area is 141 Å². The highest BCUT2D eigenvalue weighted by molar-refractivity contribution is 5.43. The first-order valence-corrected chi connectivity index (χ1v) is 8.06. The molecule has 1 N–H and O–H groups in total. The highest BCUT2D eigenvalue weighted by Gasteiger charge is 2.29. The van der Waals surface area contributed by atoms with E-state index in [-0.39, 0.29) is 11.9 Å². The van der Waals surface area contributed by atoms with Crippen LogP contribution in [0, 0.1) is 12.7 Å². The maximum atomic E-state index is 13.7. The summed E-state index contributed by atoms with van der Waals surface area (Å²) in [5.74, 6) is 0.979. The molecule has 1 aliphatic rings. The van der Waals surface area contributed by atoms with Crippen LogP contribution in [0.3, 0.4) is 0 Å². The second-order valence-corrected chi connectivity index (χ2v) is 5.86. The van der Waals surface area contributed by atoms with Gasteiger partial charge in [0.2, 0.25) is 0 Å². The molecule has 0 unspecified atom stereocenters. The van der Waals surface area contributed by atoms with Gasteiger partial charge in [-0.3, -0.25) is 0 Å². The fourth-order valence-electron chi connectivity index (χ4n) is 2.84. The summed E-state index contributed by atoms with van der Waals surface area (Å²) in [5, 5.41) is 3.30. The molecule has 1 aliphatic heterocycles. The number of ether oxygens (including phenoxy) is 3. The highest BCUT2D eigenvalue weighted by Crippen LogP contribution is 2.34. The minimum atomic E-state index is -0.427. The molecule has 1 saturated heterocycles. The predicted molar refractivity (Wildman–Crippen MR) is 90.1 cm³/mol. The molecule has 0 bridgehead atoms. The number of rotatable bonds is 5. The molecule has 0 aromatic heterocycles. The Hall–Kier alpha value is -2.11. The Balaban J connectivity index is 1.94. The van der Waals surface area contributed by atoms with E-state index in [0.29, 0.717) is 24.7 Å². The Kier molecular flexibility index (Phi) is 5.33. The second kappa shape index (κ2) is 7.64. The van der Waals surface area contributed by atoms with Crippen molar-refractivity contribution in [2.24, 2.45) is 0 Å². The minimum absolute atomic E-state index is 0.203. The number of benzene rings is 2. The van der Waals surface area contributed by atoms with E-state index >= 15 is 0 Å². The number of morpholine rings is 1. The number of hydrogen-bond donors (Lipinski definition) is 1. The van der Waals surface area contributed by atoms with Gasteiger partial charge in [-0.05, 0) is 42.3 Å². The average molecular weight is 331 g/mol. The SMILES string of the molecule is COc1ccc(C)cc1O[C@@H](c1cccc(F)c1)[C@@H]1CNCCO1. The van der Waals surface area contributed by atoms with Gasteiger partial charge in [0.15, 0.2) is 17.6 Å². The van der Waals surface area contributed by atoms with Crippen LogP contribution in [0.5, 0.6) is 11.5 Å². The van der Waals surface area contributed by atoms with Crippen LogP contribution in [0.4, 0.5) is 4.39 Å². The monoisotopic (exact) mass is 331 g/mol. The molecule has 3 rings (SSSR count). The minimum Gasteiger partial charge on any atom is -0.493 e. The molecule has 0 radical (unpaired) electrons. The number of methoxy groups -OCH3 is 1. The maximum Gasteiger partial charge on any atom is 0.162 e. The molecular weight excluding hydrogens is 309 g/mol. The average Bonchev–Trinajstić information content (AvgIpc) is 2.60. The van der Waals surface area contributed by atoms with Crippen LogP contribution in [-0.4, -0.2) is 32.9 Å². The van der Waals surface area contributed by atoms with Crippen molar-refractivity contribution in [3.05, 3.63) is 59.4 Å². The quantitative estimate of drug-likeness (QED) is 0.913.